The summed E-state index contributed by atoms with van der Waals surface area (Å²) in [5.41, 5.74) is 5.36. The Labute approximate surface area is 132 Å². The predicted octanol–water partition coefficient (Wildman–Crippen LogP) is -1.38. The molecule has 0 aromatic rings. The van der Waals surface area contributed by atoms with Gasteiger partial charge in [0.05, 0.1) is 12.5 Å². The third-order valence-electron chi connectivity index (χ3n) is 2.71. The van der Waals surface area contributed by atoms with Gasteiger partial charge in [0.15, 0.2) is 0 Å². The maximum absolute atomic E-state index is 11.8. The van der Waals surface area contributed by atoms with Gasteiger partial charge in [-0.3, -0.25) is 14.4 Å². The summed E-state index contributed by atoms with van der Waals surface area (Å²) in [7, 11) is 0. The molecule has 0 aliphatic rings. The second-order valence-corrected chi connectivity index (χ2v) is 5.60. The molecule has 0 aromatic carbocycles. The van der Waals surface area contributed by atoms with Crippen LogP contribution in [0.4, 0.5) is 0 Å². The van der Waals surface area contributed by atoms with Crippen molar-refractivity contribution in [3.8, 4) is 0 Å². The van der Waals surface area contributed by atoms with Crippen molar-refractivity contribution in [2.45, 2.75) is 37.9 Å². The minimum absolute atomic E-state index is 0.251. The van der Waals surface area contributed by atoms with Gasteiger partial charge in [-0.25, -0.2) is 4.79 Å². The lowest BCUT2D eigenvalue weighted by Crippen LogP contribution is -2.53. The average Bonchev–Trinajstić information content (AvgIpc) is 2.41. The molecule has 3 atom stereocenters. The SMILES string of the molecule is CSCC[C@H](NC(=O)[C@H](C)NC(=O)[C@@H](N)CC(=O)O)C(=O)O. The summed E-state index contributed by atoms with van der Waals surface area (Å²) >= 11 is 1.45. The highest BCUT2D eigenvalue weighted by atomic mass is 32.2. The van der Waals surface area contributed by atoms with Crippen molar-refractivity contribution < 1.29 is 29.4 Å². The fourth-order valence-electron chi connectivity index (χ4n) is 1.46. The average molecular weight is 335 g/mol. The molecule has 2 amide bonds. The quantitative estimate of drug-likeness (QED) is 0.326. The van der Waals surface area contributed by atoms with E-state index < -0.39 is 48.3 Å². The first kappa shape index (κ1) is 20.2. The molecule has 0 aliphatic heterocycles. The molecule has 0 saturated carbocycles. The fourth-order valence-corrected chi connectivity index (χ4v) is 1.93. The van der Waals surface area contributed by atoms with Crippen LogP contribution < -0.4 is 16.4 Å². The van der Waals surface area contributed by atoms with Gasteiger partial charge in [-0.1, -0.05) is 0 Å². The molecular formula is C12H21N3O6S. The van der Waals surface area contributed by atoms with Gasteiger partial charge in [0.1, 0.15) is 12.1 Å². The molecule has 0 radical (unpaired) electrons. The van der Waals surface area contributed by atoms with E-state index >= 15 is 0 Å². The van der Waals surface area contributed by atoms with E-state index in [2.05, 4.69) is 10.6 Å². The number of amides is 2. The lowest BCUT2D eigenvalue weighted by Gasteiger charge is -2.19. The van der Waals surface area contributed by atoms with Crippen LogP contribution in [0.1, 0.15) is 19.8 Å². The van der Waals surface area contributed by atoms with E-state index in [1.807, 2.05) is 6.26 Å². The number of hydrogen-bond donors (Lipinski definition) is 5. The summed E-state index contributed by atoms with van der Waals surface area (Å²) in [6, 6.07) is -3.35. The normalized spacial score (nSPS) is 14.5. The Bertz CT molecular complexity index is 431. The molecule has 0 fully saturated rings. The Morgan fingerprint density at radius 2 is 1.73 bits per heavy atom. The van der Waals surface area contributed by atoms with Crippen molar-refractivity contribution in [1.29, 1.82) is 0 Å². The fraction of sp³-hybridized carbons (Fsp3) is 0.667. The van der Waals surface area contributed by atoms with Crippen molar-refractivity contribution in [3.05, 3.63) is 0 Å². The molecule has 6 N–H and O–H groups in total. The number of aliphatic carboxylic acids is 2. The predicted molar refractivity (Wildman–Crippen MR) is 80.4 cm³/mol. The van der Waals surface area contributed by atoms with Crippen molar-refractivity contribution in [2.75, 3.05) is 12.0 Å². The van der Waals surface area contributed by atoms with E-state index in [9.17, 15) is 19.2 Å². The smallest absolute Gasteiger partial charge is 0.326 e. The molecule has 0 aromatic heterocycles. The molecule has 0 unspecified atom stereocenters. The Hall–Kier alpha value is -1.81. The Kier molecular flexibility index (Phi) is 9.18. The van der Waals surface area contributed by atoms with Gasteiger partial charge in [0.25, 0.3) is 0 Å². The van der Waals surface area contributed by atoms with E-state index in [0.29, 0.717) is 5.75 Å². The van der Waals surface area contributed by atoms with Crippen LogP contribution in [0, 0.1) is 0 Å². The summed E-state index contributed by atoms with van der Waals surface area (Å²) < 4.78 is 0. The largest absolute Gasteiger partial charge is 0.481 e. The maximum atomic E-state index is 11.8. The molecule has 0 rings (SSSR count). The van der Waals surface area contributed by atoms with E-state index in [4.69, 9.17) is 15.9 Å². The highest BCUT2D eigenvalue weighted by Crippen LogP contribution is 2.01. The monoisotopic (exact) mass is 335 g/mol. The zero-order chi connectivity index (χ0) is 17.3. The molecule has 126 valence electrons. The number of rotatable bonds is 10. The lowest BCUT2D eigenvalue weighted by atomic mass is 10.1. The number of thioether (sulfide) groups is 1. The van der Waals surface area contributed by atoms with Crippen molar-refractivity contribution in [2.24, 2.45) is 5.73 Å². The Morgan fingerprint density at radius 1 is 1.14 bits per heavy atom. The zero-order valence-electron chi connectivity index (χ0n) is 12.4. The summed E-state index contributed by atoms with van der Waals surface area (Å²) in [4.78, 5) is 44.9. The summed E-state index contributed by atoms with van der Waals surface area (Å²) in [6.07, 6.45) is 1.50. The first-order valence-electron chi connectivity index (χ1n) is 6.48. The van der Waals surface area contributed by atoms with Crippen LogP contribution in [0.5, 0.6) is 0 Å². The summed E-state index contributed by atoms with van der Waals surface area (Å²) in [5, 5.41) is 22.1. The number of nitrogens with two attached hydrogens (primary N) is 1. The molecule has 0 aliphatic carbocycles. The van der Waals surface area contributed by atoms with E-state index in [1.54, 1.807) is 0 Å². The van der Waals surface area contributed by atoms with Crippen LogP contribution in [0.2, 0.25) is 0 Å². The van der Waals surface area contributed by atoms with E-state index in [0.717, 1.165) is 0 Å². The third kappa shape index (κ3) is 7.84. The van der Waals surface area contributed by atoms with Gasteiger partial charge < -0.3 is 26.6 Å². The van der Waals surface area contributed by atoms with Crippen LogP contribution in [0.15, 0.2) is 0 Å². The Balaban J connectivity index is 4.48. The molecule has 0 spiro atoms. The first-order valence-corrected chi connectivity index (χ1v) is 7.88. The molecular weight excluding hydrogens is 314 g/mol. The van der Waals surface area contributed by atoms with Crippen LogP contribution >= 0.6 is 11.8 Å². The maximum Gasteiger partial charge on any atom is 0.326 e. The van der Waals surface area contributed by atoms with Gasteiger partial charge >= 0.3 is 11.9 Å². The van der Waals surface area contributed by atoms with Gasteiger partial charge in [0, 0.05) is 0 Å². The number of carboxylic acids is 2. The Morgan fingerprint density at radius 3 is 2.18 bits per heavy atom. The minimum Gasteiger partial charge on any atom is -0.481 e. The molecule has 10 heteroatoms. The minimum atomic E-state index is -1.28. The van der Waals surface area contributed by atoms with Gasteiger partial charge in [0.2, 0.25) is 11.8 Å². The molecule has 0 saturated heterocycles. The third-order valence-corrected chi connectivity index (χ3v) is 3.35. The molecule has 0 bridgehead atoms. The van der Waals surface area contributed by atoms with Crippen LogP contribution in [-0.4, -0.2) is 64.1 Å². The number of carbonyl (C=O) groups is 4. The molecule has 9 nitrogen and oxygen atoms in total. The van der Waals surface area contributed by atoms with Crippen molar-refractivity contribution >= 4 is 35.5 Å². The summed E-state index contributed by atoms with van der Waals surface area (Å²) in [6.45, 7) is 1.36. The molecule has 0 heterocycles. The lowest BCUT2D eigenvalue weighted by molar-refractivity contribution is -0.142. The number of nitrogens with one attached hydrogen (secondary N) is 2. The van der Waals surface area contributed by atoms with Crippen molar-refractivity contribution in [3.63, 3.8) is 0 Å². The second-order valence-electron chi connectivity index (χ2n) is 4.62. The van der Waals surface area contributed by atoms with Crippen LogP contribution in [-0.2, 0) is 19.2 Å². The van der Waals surface area contributed by atoms with Crippen molar-refractivity contribution in [1.82, 2.24) is 10.6 Å². The topological polar surface area (TPSA) is 159 Å². The standard InChI is InChI=1S/C12H21N3O6S/c1-6(14-11(19)7(13)5-9(16)17)10(18)15-8(12(20)21)3-4-22-2/h6-8H,3-5,13H2,1-2H3,(H,14,19)(H,15,18)(H,16,17)(H,20,21)/t6-,7-,8-/m0/s1. The number of hydrogen-bond acceptors (Lipinski definition) is 6. The summed E-state index contributed by atoms with van der Waals surface area (Å²) in [5.74, 6) is -3.31. The highest BCUT2D eigenvalue weighted by Gasteiger charge is 2.25. The van der Waals surface area contributed by atoms with E-state index in [1.165, 1.54) is 18.7 Å². The van der Waals surface area contributed by atoms with Crippen LogP contribution in [0.3, 0.4) is 0 Å². The molecule has 22 heavy (non-hydrogen) atoms. The van der Waals surface area contributed by atoms with Gasteiger partial charge in [-0.2, -0.15) is 11.8 Å². The second kappa shape index (κ2) is 10.0. The number of carboxylic acid groups (broad SMARTS) is 2. The first-order chi connectivity index (χ1) is 10.2. The number of carbonyl (C=O) groups excluding carboxylic acids is 2. The van der Waals surface area contributed by atoms with E-state index in [-0.39, 0.29) is 6.42 Å². The van der Waals surface area contributed by atoms with Gasteiger partial charge in [-0.05, 0) is 25.4 Å². The van der Waals surface area contributed by atoms with Gasteiger partial charge in [-0.15, -0.1) is 0 Å². The zero-order valence-corrected chi connectivity index (χ0v) is 13.2. The highest BCUT2D eigenvalue weighted by molar-refractivity contribution is 7.98. The van der Waals surface area contributed by atoms with Crippen LogP contribution in [0.25, 0.3) is 0 Å².